The van der Waals surface area contributed by atoms with Gasteiger partial charge in [-0.2, -0.15) is 0 Å². The first-order valence-corrected chi connectivity index (χ1v) is 7.22. The van der Waals surface area contributed by atoms with Crippen LogP contribution in [0.1, 0.15) is 16.1 Å². The largest absolute Gasteiger partial charge is 0.494 e. The molecule has 0 saturated heterocycles. The van der Waals surface area contributed by atoms with Gasteiger partial charge in [0.25, 0.3) is 0 Å². The summed E-state index contributed by atoms with van der Waals surface area (Å²) in [7, 11) is 1.49. The highest BCUT2D eigenvalue weighted by Crippen LogP contribution is 2.21. The first kappa shape index (κ1) is 15.2. The van der Waals surface area contributed by atoms with Crippen molar-refractivity contribution in [2.45, 2.75) is 6.54 Å². The molecule has 3 rings (SSSR count). The standard InChI is InChI=1S/C16H13ClN4O2/c1-23-16-6-5-13(18-15(16)10-22)14-9-21(20-19-14)8-11-3-2-4-12(17)7-11/h2-7,9-10H,8H2,1H3. The molecular weight excluding hydrogens is 316 g/mol. The second-order valence-electron chi connectivity index (χ2n) is 4.83. The minimum absolute atomic E-state index is 0.231. The number of ether oxygens (including phenoxy) is 1. The van der Waals surface area contributed by atoms with Gasteiger partial charge in [0.15, 0.2) is 6.29 Å². The molecule has 0 N–H and O–H groups in total. The zero-order valence-electron chi connectivity index (χ0n) is 12.3. The van der Waals surface area contributed by atoms with Gasteiger partial charge in [0.2, 0.25) is 0 Å². The van der Waals surface area contributed by atoms with Crippen LogP contribution in [0.4, 0.5) is 0 Å². The van der Waals surface area contributed by atoms with Crippen LogP contribution in [-0.2, 0) is 6.54 Å². The Labute approximate surface area is 137 Å². The van der Waals surface area contributed by atoms with Crippen LogP contribution in [0, 0.1) is 0 Å². The Morgan fingerprint density at radius 2 is 2.13 bits per heavy atom. The van der Waals surface area contributed by atoms with Gasteiger partial charge in [0.05, 0.1) is 25.5 Å². The summed E-state index contributed by atoms with van der Waals surface area (Å²) < 4.78 is 6.76. The van der Waals surface area contributed by atoms with E-state index in [1.807, 2.05) is 24.3 Å². The second-order valence-corrected chi connectivity index (χ2v) is 5.27. The van der Waals surface area contributed by atoms with E-state index in [0.29, 0.717) is 35.0 Å². The number of aromatic nitrogens is 4. The highest BCUT2D eigenvalue weighted by Gasteiger charge is 2.10. The van der Waals surface area contributed by atoms with E-state index in [0.717, 1.165) is 5.56 Å². The maximum atomic E-state index is 11.1. The summed E-state index contributed by atoms with van der Waals surface area (Å²) in [4.78, 5) is 15.3. The Balaban J connectivity index is 1.85. The van der Waals surface area contributed by atoms with Gasteiger partial charge in [-0.15, -0.1) is 5.10 Å². The van der Waals surface area contributed by atoms with Crippen molar-refractivity contribution in [2.24, 2.45) is 0 Å². The Morgan fingerprint density at radius 1 is 1.26 bits per heavy atom. The van der Waals surface area contributed by atoms with Crippen LogP contribution in [0.5, 0.6) is 5.75 Å². The summed E-state index contributed by atoms with van der Waals surface area (Å²) in [5, 5.41) is 8.85. The van der Waals surface area contributed by atoms with Gasteiger partial charge in [-0.3, -0.25) is 4.79 Å². The second kappa shape index (κ2) is 6.58. The third-order valence-electron chi connectivity index (χ3n) is 3.25. The molecule has 23 heavy (non-hydrogen) atoms. The summed E-state index contributed by atoms with van der Waals surface area (Å²) in [5.74, 6) is 0.426. The summed E-state index contributed by atoms with van der Waals surface area (Å²) >= 11 is 5.97. The fourth-order valence-corrected chi connectivity index (χ4v) is 2.39. The SMILES string of the molecule is COc1ccc(-c2cn(Cc3cccc(Cl)c3)nn2)nc1C=O. The fourth-order valence-electron chi connectivity index (χ4n) is 2.18. The molecule has 0 atom stereocenters. The van der Waals surface area contributed by atoms with E-state index in [4.69, 9.17) is 16.3 Å². The molecule has 2 heterocycles. The van der Waals surface area contributed by atoms with Gasteiger partial charge in [-0.05, 0) is 29.8 Å². The summed E-state index contributed by atoms with van der Waals surface area (Å²) in [6.07, 6.45) is 2.42. The van der Waals surface area contributed by atoms with E-state index in [-0.39, 0.29) is 5.69 Å². The van der Waals surface area contributed by atoms with E-state index in [2.05, 4.69) is 15.3 Å². The lowest BCUT2D eigenvalue weighted by Gasteiger charge is -2.03. The van der Waals surface area contributed by atoms with Crippen molar-refractivity contribution in [1.29, 1.82) is 0 Å². The van der Waals surface area contributed by atoms with E-state index < -0.39 is 0 Å². The Hall–Kier alpha value is -2.73. The molecule has 0 aliphatic rings. The average molecular weight is 329 g/mol. The highest BCUT2D eigenvalue weighted by atomic mass is 35.5. The number of carbonyl (C=O) groups is 1. The van der Waals surface area contributed by atoms with Crippen LogP contribution in [0.3, 0.4) is 0 Å². The van der Waals surface area contributed by atoms with Gasteiger partial charge in [0, 0.05) is 5.02 Å². The minimum atomic E-state index is 0.231. The van der Waals surface area contributed by atoms with E-state index in [1.165, 1.54) is 7.11 Å². The number of halogens is 1. The zero-order valence-corrected chi connectivity index (χ0v) is 13.1. The van der Waals surface area contributed by atoms with Crippen LogP contribution in [0.25, 0.3) is 11.4 Å². The van der Waals surface area contributed by atoms with Crippen molar-refractivity contribution >= 4 is 17.9 Å². The number of hydrogen-bond acceptors (Lipinski definition) is 5. The number of pyridine rings is 1. The van der Waals surface area contributed by atoms with Crippen LogP contribution < -0.4 is 4.74 Å². The van der Waals surface area contributed by atoms with Crippen molar-refractivity contribution in [3.05, 3.63) is 58.9 Å². The lowest BCUT2D eigenvalue weighted by Crippen LogP contribution is -2.00. The Bertz CT molecular complexity index is 848. The summed E-state index contributed by atoms with van der Waals surface area (Å²) in [6, 6.07) is 11.0. The number of hydrogen-bond donors (Lipinski definition) is 0. The van der Waals surface area contributed by atoms with Crippen molar-refractivity contribution < 1.29 is 9.53 Å². The van der Waals surface area contributed by atoms with Crippen molar-refractivity contribution in [1.82, 2.24) is 20.0 Å². The third kappa shape index (κ3) is 3.37. The predicted molar refractivity (Wildman–Crippen MR) is 85.7 cm³/mol. The molecule has 7 heteroatoms. The average Bonchev–Trinajstić information content (AvgIpc) is 3.02. The van der Waals surface area contributed by atoms with Gasteiger partial charge in [-0.25, -0.2) is 9.67 Å². The lowest BCUT2D eigenvalue weighted by atomic mass is 10.2. The molecule has 0 unspecified atom stereocenters. The molecule has 6 nitrogen and oxygen atoms in total. The van der Waals surface area contributed by atoms with Gasteiger partial charge in [-0.1, -0.05) is 28.9 Å². The number of aldehydes is 1. The Kier molecular flexibility index (Phi) is 4.34. The summed E-state index contributed by atoms with van der Waals surface area (Å²) in [5.41, 5.74) is 2.39. The fraction of sp³-hybridized carbons (Fsp3) is 0.125. The molecule has 0 radical (unpaired) electrons. The van der Waals surface area contributed by atoms with Crippen LogP contribution >= 0.6 is 11.6 Å². The topological polar surface area (TPSA) is 69.9 Å². The van der Waals surface area contributed by atoms with Crippen LogP contribution in [0.2, 0.25) is 5.02 Å². The quantitative estimate of drug-likeness (QED) is 0.673. The van der Waals surface area contributed by atoms with Gasteiger partial charge in [0.1, 0.15) is 17.1 Å². The third-order valence-corrected chi connectivity index (χ3v) is 3.49. The zero-order chi connectivity index (χ0) is 16.2. The number of rotatable bonds is 5. The first-order valence-electron chi connectivity index (χ1n) is 6.85. The number of methoxy groups -OCH3 is 1. The number of nitrogens with zero attached hydrogens (tertiary/aromatic N) is 4. The molecule has 0 aliphatic carbocycles. The van der Waals surface area contributed by atoms with Gasteiger partial charge >= 0.3 is 0 Å². The van der Waals surface area contributed by atoms with Crippen LogP contribution in [-0.4, -0.2) is 33.4 Å². The van der Waals surface area contributed by atoms with Gasteiger partial charge < -0.3 is 4.74 Å². The smallest absolute Gasteiger partial charge is 0.172 e. The lowest BCUT2D eigenvalue weighted by molar-refractivity contribution is 0.111. The van der Waals surface area contributed by atoms with Crippen molar-refractivity contribution in [2.75, 3.05) is 7.11 Å². The summed E-state index contributed by atoms with van der Waals surface area (Å²) in [6.45, 7) is 0.546. The molecule has 0 spiro atoms. The molecule has 0 amide bonds. The number of benzene rings is 1. The molecule has 0 bridgehead atoms. The molecule has 116 valence electrons. The monoisotopic (exact) mass is 328 g/mol. The maximum absolute atomic E-state index is 11.1. The normalized spacial score (nSPS) is 10.5. The molecule has 3 aromatic rings. The van der Waals surface area contributed by atoms with E-state index in [9.17, 15) is 4.79 Å². The molecule has 0 fully saturated rings. The van der Waals surface area contributed by atoms with Crippen molar-refractivity contribution in [3.63, 3.8) is 0 Å². The molecule has 2 aromatic heterocycles. The van der Waals surface area contributed by atoms with Crippen LogP contribution in [0.15, 0.2) is 42.6 Å². The molecular formula is C16H13ClN4O2. The van der Waals surface area contributed by atoms with Crippen molar-refractivity contribution in [3.8, 4) is 17.1 Å². The molecule has 0 aliphatic heterocycles. The molecule has 0 saturated carbocycles. The first-order chi connectivity index (χ1) is 11.2. The molecule has 1 aromatic carbocycles. The maximum Gasteiger partial charge on any atom is 0.172 e. The van der Waals surface area contributed by atoms with E-state index >= 15 is 0 Å². The highest BCUT2D eigenvalue weighted by molar-refractivity contribution is 6.30. The van der Waals surface area contributed by atoms with E-state index in [1.54, 1.807) is 23.0 Å². The number of carbonyl (C=O) groups excluding carboxylic acids is 1. The minimum Gasteiger partial charge on any atom is -0.494 e. The Morgan fingerprint density at radius 3 is 2.87 bits per heavy atom. The predicted octanol–water partition coefficient (Wildman–Crippen LogP) is 2.86.